The Balaban J connectivity index is 1.87. The van der Waals surface area contributed by atoms with Crippen LogP contribution in [-0.2, 0) is 0 Å². The van der Waals surface area contributed by atoms with Crippen LogP contribution in [0.2, 0.25) is 0 Å². The second kappa shape index (κ2) is 8.19. The zero-order valence-electron chi connectivity index (χ0n) is 13.4. The molecule has 0 heterocycles. The largest absolute Gasteiger partial charge is 0.493 e. The molecule has 0 aliphatic heterocycles. The number of nitrogens with zero attached hydrogens (tertiary/aromatic N) is 1. The highest BCUT2D eigenvalue weighted by Crippen LogP contribution is 2.28. The Hall–Kier alpha value is -2.54. The molecule has 0 aliphatic carbocycles. The van der Waals surface area contributed by atoms with E-state index in [2.05, 4.69) is 6.07 Å². The summed E-state index contributed by atoms with van der Waals surface area (Å²) in [6.07, 6.45) is 1.39. The van der Waals surface area contributed by atoms with Gasteiger partial charge in [-0.2, -0.15) is 5.26 Å². The number of hydrogen-bond acceptors (Lipinski definition) is 3. The normalized spacial score (nSPS) is 11.6. The van der Waals surface area contributed by atoms with Crippen molar-refractivity contribution < 1.29 is 13.9 Å². The Morgan fingerprint density at radius 2 is 1.87 bits per heavy atom. The number of halogens is 1. The molecule has 23 heavy (non-hydrogen) atoms. The first kappa shape index (κ1) is 16.8. The van der Waals surface area contributed by atoms with Crippen LogP contribution in [0, 0.1) is 24.1 Å². The molecule has 1 atom stereocenters. The number of aryl methyl sites for hydroxylation is 1. The molecule has 0 fully saturated rings. The van der Waals surface area contributed by atoms with Crippen molar-refractivity contribution in [2.75, 3.05) is 13.7 Å². The molecule has 4 heteroatoms. The molecule has 1 unspecified atom stereocenters. The van der Waals surface area contributed by atoms with E-state index in [4.69, 9.17) is 9.47 Å². The minimum Gasteiger partial charge on any atom is -0.493 e. The van der Waals surface area contributed by atoms with Gasteiger partial charge in [-0.05, 0) is 55.2 Å². The molecule has 0 saturated carbocycles. The predicted octanol–water partition coefficient (Wildman–Crippen LogP) is 4.61. The number of methoxy groups -OCH3 is 1. The number of nitriles is 1. The number of ether oxygens (including phenoxy) is 2. The van der Waals surface area contributed by atoms with Gasteiger partial charge in [-0.15, -0.1) is 0 Å². The minimum atomic E-state index is -0.291. The molecule has 0 bridgehead atoms. The Morgan fingerprint density at radius 3 is 2.52 bits per heavy atom. The van der Waals surface area contributed by atoms with Crippen molar-refractivity contribution >= 4 is 0 Å². The molecule has 0 spiro atoms. The molecule has 0 radical (unpaired) electrons. The standard InChI is InChI=1S/C19H20FNO2/c1-14-5-10-18(19(12-14)22-2)23-11-3-4-16(13-21)15-6-8-17(20)9-7-15/h5-10,12,16H,3-4,11H2,1-2H3. The summed E-state index contributed by atoms with van der Waals surface area (Å²) in [5, 5.41) is 9.27. The van der Waals surface area contributed by atoms with Gasteiger partial charge in [0.05, 0.1) is 25.7 Å². The highest BCUT2D eigenvalue weighted by molar-refractivity contribution is 5.42. The van der Waals surface area contributed by atoms with Crippen molar-refractivity contribution in [1.82, 2.24) is 0 Å². The second-order valence-electron chi connectivity index (χ2n) is 5.38. The SMILES string of the molecule is COc1cc(C)ccc1OCCCC(C#N)c1ccc(F)cc1. The third kappa shape index (κ3) is 4.72. The van der Waals surface area contributed by atoms with E-state index in [1.54, 1.807) is 19.2 Å². The van der Waals surface area contributed by atoms with Gasteiger partial charge in [-0.3, -0.25) is 0 Å². The molecule has 0 aliphatic rings. The van der Waals surface area contributed by atoms with Crippen LogP contribution in [0.15, 0.2) is 42.5 Å². The molecule has 0 aromatic heterocycles. The third-order valence-corrected chi connectivity index (χ3v) is 3.64. The molecule has 0 saturated heterocycles. The lowest BCUT2D eigenvalue weighted by Gasteiger charge is -2.13. The van der Waals surface area contributed by atoms with Crippen molar-refractivity contribution in [2.45, 2.75) is 25.7 Å². The summed E-state index contributed by atoms with van der Waals surface area (Å²) in [4.78, 5) is 0. The van der Waals surface area contributed by atoms with Gasteiger partial charge in [0.25, 0.3) is 0 Å². The molecule has 2 aromatic rings. The lowest BCUT2D eigenvalue weighted by molar-refractivity contribution is 0.285. The summed E-state index contributed by atoms with van der Waals surface area (Å²) in [6, 6.07) is 14.1. The smallest absolute Gasteiger partial charge is 0.161 e. The summed E-state index contributed by atoms with van der Waals surface area (Å²) < 4.78 is 24.0. The second-order valence-corrected chi connectivity index (χ2v) is 5.38. The Kier molecular flexibility index (Phi) is 5.99. The first-order valence-corrected chi connectivity index (χ1v) is 7.56. The maximum absolute atomic E-state index is 12.9. The summed E-state index contributed by atoms with van der Waals surface area (Å²) in [7, 11) is 1.61. The Labute approximate surface area is 136 Å². The summed E-state index contributed by atoms with van der Waals surface area (Å²) in [5.41, 5.74) is 1.94. The van der Waals surface area contributed by atoms with Crippen LogP contribution in [0.1, 0.15) is 29.9 Å². The van der Waals surface area contributed by atoms with Crippen LogP contribution in [0.25, 0.3) is 0 Å². The van der Waals surface area contributed by atoms with Gasteiger partial charge in [0.15, 0.2) is 11.5 Å². The molecule has 0 amide bonds. The van der Waals surface area contributed by atoms with Crippen molar-refractivity contribution in [3.05, 3.63) is 59.4 Å². The van der Waals surface area contributed by atoms with E-state index in [0.717, 1.165) is 17.5 Å². The zero-order valence-corrected chi connectivity index (χ0v) is 13.4. The fraction of sp³-hybridized carbons (Fsp3) is 0.316. The first-order valence-electron chi connectivity index (χ1n) is 7.56. The topological polar surface area (TPSA) is 42.2 Å². The third-order valence-electron chi connectivity index (χ3n) is 3.64. The van der Waals surface area contributed by atoms with Crippen LogP contribution in [0.3, 0.4) is 0 Å². The predicted molar refractivity (Wildman–Crippen MR) is 87.2 cm³/mol. The van der Waals surface area contributed by atoms with Crippen LogP contribution < -0.4 is 9.47 Å². The minimum absolute atomic E-state index is 0.251. The maximum atomic E-state index is 12.9. The fourth-order valence-corrected chi connectivity index (χ4v) is 2.36. The Morgan fingerprint density at radius 1 is 1.13 bits per heavy atom. The van der Waals surface area contributed by atoms with E-state index >= 15 is 0 Å². The van der Waals surface area contributed by atoms with Gasteiger partial charge in [0.1, 0.15) is 5.82 Å². The van der Waals surface area contributed by atoms with E-state index in [1.165, 1.54) is 12.1 Å². The van der Waals surface area contributed by atoms with E-state index in [9.17, 15) is 9.65 Å². The molecule has 120 valence electrons. The number of hydrogen-bond donors (Lipinski definition) is 0. The highest BCUT2D eigenvalue weighted by Gasteiger charge is 2.11. The van der Waals surface area contributed by atoms with E-state index in [0.29, 0.717) is 24.5 Å². The Bertz CT molecular complexity index is 677. The van der Waals surface area contributed by atoms with Gasteiger partial charge in [0, 0.05) is 0 Å². The average molecular weight is 313 g/mol. The molecule has 2 aromatic carbocycles. The lowest BCUT2D eigenvalue weighted by Crippen LogP contribution is -2.03. The highest BCUT2D eigenvalue weighted by atomic mass is 19.1. The zero-order chi connectivity index (χ0) is 16.7. The molecule has 3 nitrogen and oxygen atoms in total. The van der Waals surface area contributed by atoms with Crippen LogP contribution in [0.5, 0.6) is 11.5 Å². The van der Waals surface area contributed by atoms with Crippen molar-refractivity contribution in [3.8, 4) is 17.6 Å². The number of rotatable bonds is 7. The summed E-state index contributed by atoms with van der Waals surface area (Å²) >= 11 is 0. The summed E-state index contributed by atoms with van der Waals surface area (Å²) in [6.45, 7) is 2.49. The van der Waals surface area contributed by atoms with Gasteiger partial charge >= 0.3 is 0 Å². The van der Waals surface area contributed by atoms with E-state index in [-0.39, 0.29) is 11.7 Å². The summed E-state index contributed by atoms with van der Waals surface area (Å²) in [5.74, 6) is 0.869. The van der Waals surface area contributed by atoms with E-state index in [1.807, 2.05) is 25.1 Å². The van der Waals surface area contributed by atoms with Crippen molar-refractivity contribution in [3.63, 3.8) is 0 Å². The van der Waals surface area contributed by atoms with Crippen LogP contribution in [0.4, 0.5) is 4.39 Å². The molecular formula is C19H20FNO2. The molecular weight excluding hydrogens is 293 g/mol. The average Bonchev–Trinajstić information content (AvgIpc) is 2.57. The monoisotopic (exact) mass is 313 g/mol. The van der Waals surface area contributed by atoms with Crippen molar-refractivity contribution in [2.24, 2.45) is 0 Å². The van der Waals surface area contributed by atoms with Gasteiger partial charge in [-0.25, -0.2) is 4.39 Å². The first-order chi connectivity index (χ1) is 11.1. The number of benzene rings is 2. The van der Waals surface area contributed by atoms with Crippen molar-refractivity contribution in [1.29, 1.82) is 5.26 Å². The molecule has 0 N–H and O–H groups in total. The fourth-order valence-electron chi connectivity index (χ4n) is 2.36. The van der Waals surface area contributed by atoms with Crippen LogP contribution >= 0.6 is 0 Å². The van der Waals surface area contributed by atoms with Crippen LogP contribution in [-0.4, -0.2) is 13.7 Å². The van der Waals surface area contributed by atoms with Gasteiger partial charge in [-0.1, -0.05) is 18.2 Å². The van der Waals surface area contributed by atoms with Gasteiger partial charge < -0.3 is 9.47 Å². The maximum Gasteiger partial charge on any atom is 0.161 e. The molecule has 2 rings (SSSR count). The van der Waals surface area contributed by atoms with E-state index < -0.39 is 0 Å². The van der Waals surface area contributed by atoms with Gasteiger partial charge in [0.2, 0.25) is 0 Å². The lowest BCUT2D eigenvalue weighted by atomic mass is 9.96. The quantitative estimate of drug-likeness (QED) is 0.701.